The molecule has 0 fully saturated rings. The highest BCUT2D eigenvalue weighted by Gasteiger charge is 2.24. The van der Waals surface area contributed by atoms with E-state index < -0.39 is 18.2 Å². The minimum absolute atomic E-state index is 0.0273. The van der Waals surface area contributed by atoms with Crippen molar-refractivity contribution in [2.75, 3.05) is 6.61 Å². The Hall–Kier alpha value is -3.22. The van der Waals surface area contributed by atoms with Gasteiger partial charge in [-0.25, -0.2) is 0 Å². The number of ether oxygens (including phenoxy) is 1. The van der Waals surface area contributed by atoms with Crippen LogP contribution in [0.25, 0.3) is 0 Å². The predicted octanol–water partition coefficient (Wildman–Crippen LogP) is 14.9. The lowest BCUT2D eigenvalue weighted by molar-refractivity contribution is -0.150. The van der Waals surface area contributed by atoms with Crippen LogP contribution >= 0.6 is 0 Å². The second-order valence-electron chi connectivity index (χ2n) is 16.5. The van der Waals surface area contributed by atoms with Gasteiger partial charge < -0.3 is 20.3 Å². The number of esters is 1. The molecule has 0 heterocycles. The molecule has 3 N–H and O–H groups in total. The molecule has 0 saturated heterocycles. The van der Waals surface area contributed by atoms with Crippen molar-refractivity contribution in [2.45, 2.75) is 232 Å². The fraction of sp³-hybridized carbons (Fsp3) is 0.673. The first-order valence-corrected chi connectivity index (χ1v) is 25.0. The van der Waals surface area contributed by atoms with Crippen LogP contribution in [-0.2, 0) is 14.3 Å². The quantitative estimate of drug-likeness (QED) is 0.0323. The maximum Gasteiger partial charge on any atom is 0.306 e. The zero-order valence-corrected chi connectivity index (χ0v) is 39.5. The number of aliphatic hydroxyl groups excluding tert-OH is 2. The molecule has 0 aromatic rings. The van der Waals surface area contributed by atoms with Gasteiger partial charge in [0.2, 0.25) is 5.91 Å². The number of aliphatic hydroxyl groups is 2. The molecule has 0 saturated carbocycles. The van der Waals surface area contributed by atoms with Crippen molar-refractivity contribution in [3.63, 3.8) is 0 Å². The fourth-order valence-electron chi connectivity index (χ4n) is 6.90. The summed E-state index contributed by atoms with van der Waals surface area (Å²) >= 11 is 0. The summed E-state index contributed by atoms with van der Waals surface area (Å²) in [5, 5.41) is 23.6. The molecular weight excluding hydrogens is 755 g/mol. The minimum atomic E-state index is -0.810. The van der Waals surface area contributed by atoms with Crippen LogP contribution in [0.2, 0.25) is 0 Å². The molecule has 348 valence electrons. The average molecular weight is 848 g/mol. The summed E-state index contributed by atoms with van der Waals surface area (Å²) in [5.74, 6) is -0.604. The van der Waals surface area contributed by atoms with Gasteiger partial charge >= 0.3 is 5.97 Å². The molecule has 3 atom stereocenters. The number of carbonyl (C=O) groups is 2. The molecule has 61 heavy (non-hydrogen) atoms. The Morgan fingerprint density at radius 1 is 0.492 bits per heavy atom. The van der Waals surface area contributed by atoms with Crippen molar-refractivity contribution >= 4 is 11.9 Å². The van der Waals surface area contributed by atoms with Gasteiger partial charge in [0, 0.05) is 6.42 Å². The molecule has 0 aliphatic rings. The van der Waals surface area contributed by atoms with Crippen LogP contribution < -0.4 is 5.32 Å². The summed E-state index contributed by atoms with van der Waals surface area (Å²) in [6, 6.07) is -0.728. The van der Waals surface area contributed by atoms with Crippen LogP contribution in [0.15, 0.2) is 97.2 Å². The monoisotopic (exact) mass is 848 g/mol. The SMILES string of the molecule is CC/C=C/C/C=C/C/C=C/C/C=C/C/C=C/CCC(=O)OC(CCCCCC/C=C\C/C=C\C/C=C\CCCCC)CC(=O)NC(CO)C(O)CCCCCCCCCCC. The first-order chi connectivity index (χ1) is 30.0. The van der Waals surface area contributed by atoms with Crippen molar-refractivity contribution < 1.29 is 24.5 Å². The van der Waals surface area contributed by atoms with Gasteiger partial charge in [0.05, 0.1) is 25.2 Å². The Kier molecular flexibility index (Phi) is 45.3. The highest BCUT2D eigenvalue weighted by molar-refractivity contribution is 5.77. The summed E-state index contributed by atoms with van der Waals surface area (Å²) in [6.07, 6.45) is 63.3. The van der Waals surface area contributed by atoms with E-state index in [4.69, 9.17) is 4.74 Å². The number of carbonyl (C=O) groups excluding carboxylic acids is 2. The Morgan fingerprint density at radius 3 is 1.38 bits per heavy atom. The number of hydrogen-bond donors (Lipinski definition) is 3. The van der Waals surface area contributed by atoms with E-state index in [1.165, 1.54) is 64.2 Å². The summed E-state index contributed by atoms with van der Waals surface area (Å²) in [5.41, 5.74) is 0. The molecule has 3 unspecified atom stereocenters. The first-order valence-electron chi connectivity index (χ1n) is 25.0. The number of allylic oxidation sites excluding steroid dienone is 16. The zero-order valence-electron chi connectivity index (χ0n) is 39.5. The summed E-state index contributed by atoms with van der Waals surface area (Å²) in [7, 11) is 0. The molecule has 0 radical (unpaired) electrons. The van der Waals surface area contributed by atoms with Crippen molar-refractivity contribution in [2.24, 2.45) is 0 Å². The van der Waals surface area contributed by atoms with Gasteiger partial charge in [0.1, 0.15) is 6.10 Å². The fourth-order valence-corrected chi connectivity index (χ4v) is 6.90. The van der Waals surface area contributed by atoms with E-state index in [0.29, 0.717) is 19.3 Å². The molecular formula is C55H93NO5. The molecule has 6 heteroatoms. The minimum Gasteiger partial charge on any atom is -0.462 e. The lowest BCUT2D eigenvalue weighted by Gasteiger charge is -2.24. The molecule has 0 rings (SSSR count). The standard InChI is InChI=1S/C55H93NO5/c1-4-7-10-13-16-19-21-23-25-27-28-30-32-35-37-40-43-46-51(49-54(59)56-52(50-57)53(58)47-44-41-38-34-18-15-12-9-6-3)61-55(60)48-45-42-39-36-33-31-29-26-24-22-20-17-14-11-8-5-2/h8,11,16-17,19-20,23-26,28,30-31,33,39,42,51-53,57-58H,4-7,9-10,12-15,18,21-22,27,29,32,34-38,40-41,43-50H2,1-3H3,(H,56,59)/b11-8+,19-16-,20-17+,25-23-,26-24+,30-28-,33-31+,42-39+. The molecule has 6 nitrogen and oxygen atoms in total. The Morgan fingerprint density at radius 2 is 0.885 bits per heavy atom. The first kappa shape index (κ1) is 57.8. The highest BCUT2D eigenvalue weighted by atomic mass is 16.5. The lowest BCUT2D eigenvalue weighted by Crippen LogP contribution is -2.46. The number of unbranched alkanes of at least 4 members (excludes halogenated alkanes) is 15. The Bertz CT molecular complexity index is 1220. The molecule has 0 spiro atoms. The van der Waals surface area contributed by atoms with E-state index in [1.54, 1.807) is 0 Å². The number of amides is 1. The van der Waals surface area contributed by atoms with Crippen molar-refractivity contribution in [1.82, 2.24) is 5.32 Å². The number of hydrogen-bond acceptors (Lipinski definition) is 5. The summed E-state index contributed by atoms with van der Waals surface area (Å²) < 4.78 is 5.87. The van der Waals surface area contributed by atoms with Crippen molar-refractivity contribution in [3.8, 4) is 0 Å². The zero-order chi connectivity index (χ0) is 44.5. The number of rotatable bonds is 43. The van der Waals surface area contributed by atoms with Crippen LogP contribution in [-0.4, -0.2) is 46.9 Å². The molecule has 0 aromatic heterocycles. The summed E-state index contributed by atoms with van der Waals surface area (Å²) in [6.45, 7) is 6.28. The maximum atomic E-state index is 13.2. The molecule has 0 aliphatic carbocycles. The van der Waals surface area contributed by atoms with Crippen LogP contribution in [0.5, 0.6) is 0 Å². The van der Waals surface area contributed by atoms with E-state index in [0.717, 1.165) is 96.3 Å². The molecule has 0 aromatic carbocycles. The molecule has 0 bridgehead atoms. The second-order valence-corrected chi connectivity index (χ2v) is 16.5. The van der Waals surface area contributed by atoms with E-state index in [9.17, 15) is 19.8 Å². The normalized spacial score (nSPS) is 14.1. The Labute approximate surface area is 376 Å². The van der Waals surface area contributed by atoms with E-state index in [1.807, 2.05) is 6.08 Å². The topological polar surface area (TPSA) is 95.9 Å². The van der Waals surface area contributed by atoms with Crippen LogP contribution in [0.3, 0.4) is 0 Å². The third kappa shape index (κ3) is 43.2. The maximum absolute atomic E-state index is 13.2. The Balaban J connectivity index is 4.78. The smallest absolute Gasteiger partial charge is 0.306 e. The largest absolute Gasteiger partial charge is 0.462 e. The highest BCUT2D eigenvalue weighted by Crippen LogP contribution is 2.16. The van der Waals surface area contributed by atoms with Crippen molar-refractivity contribution in [1.29, 1.82) is 0 Å². The van der Waals surface area contributed by atoms with Crippen molar-refractivity contribution in [3.05, 3.63) is 97.2 Å². The van der Waals surface area contributed by atoms with Gasteiger partial charge in [-0.1, -0.05) is 201 Å². The third-order valence-electron chi connectivity index (χ3n) is 10.7. The van der Waals surface area contributed by atoms with E-state index in [-0.39, 0.29) is 31.3 Å². The van der Waals surface area contributed by atoms with Crippen LogP contribution in [0, 0.1) is 0 Å². The average Bonchev–Trinajstić information content (AvgIpc) is 3.25. The van der Waals surface area contributed by atoms with Crippen LogP contribution in [0.1, 0.15) is 213 Å². The van der Waals surface area contributed by atoms with Gasteiger partial charge in [0.25, 0.3) is 0 Å². The predicted molar refractivity (Wildman–Crippen MR) is 264 cm³/mol. The molecule has 0 aliphatic heterocycles. The van der Waals surface area contributed by atoms with Crippen LogP contribution in [0.4, 0.5) is 0 Å². The second kappa shape index (κ2) is 47.8. The summed E-state index contributed by atoms with van der Waals surface area (Å²) in [4.78, 5) is 26.1. The van der Waals surface area contributed by atoms with Gasteiger partial charge in [0.15, 0.2) is 0 Å². The van der Waals surface area contributed by atoms with Gasteiger partial charge in [-0.3, -0.25) is 9.59 Å². The lowest BCUT2D eigenvalue weighted by atomic mass is 10.0. The van der Waals surface area contributed by atoms with E-state index in [2.05, 4.69) is 117 Å². The molecule has 1 amide bonds. The van der Waals surface area contributed by atoms with Gasteiger partial charge in [-0.2, -0.15) is 0 Å². The number of nitrogens with one attached hydrogen (secondary N) is 1. The third-order valence-corrected chi connectivity index (χ3v) is 10.7. The van der Waals surface area contributed by atoms with E-state index >= 15 is 0 Å². The van der Waals surface area contributed by atoms with Gasteiger partial charge in [-0.15, -0.1) is 0 Å². The van der Waals surface area contributed by atoms with Gasteiger partial charge in [-0.05, 0) is 96.3 Å².